The first kappa shape index (κ1) is 25.1. The van der Waals surface area contributed by atoms with Crippen molar-refractivity contribution in [3.63, 3.8) is 0 Å². The molecule has 4 heteroatoms. The molecule has 194 valence electrons. The summed E-state index contributed by atoms with van der Waals surface area (Å²) in [6.07, 6.45) is 8.51. The van der Waals surface area contributed by atoms with Gasteiger partial charge in [-0.3, -0.25) is 0 Å². The molecule has 0 saturated carbocycles. The molecule has 2 aromatic heterocycles. The van der Waals surface area contributed by atoms with Gasteiger partial charge in [0.1, 0.15) is 0 Å². The first-order chi connectivity index (χ1) is 19.7. The van der Waals surface area contributed by atoms with Crippen LogP contribution in [0.25, 0.3) is 44.8 Å². The number of hydrogen-bond donors (Lipinski definition) is 2. The maximum absolute atomic E-state index is 3.32. The Morgan fingerprint density at radius 2 is 0.775 bits per heavy atom. The van der Waals surface area contributed by atoms with Crippen molar-refractivity contribution in [2.75, 3.05) is 24.7 Å². The van der Waals surface area contributed by atoms with Gasteiger partial charge in [0.05, 0.1) is 0 Å². The number of nitrogens with one attached hydrogen (secondary N) is 2. The molecule has 2 N–H and O–H groups in total. The van der Waals surface area contributed by atoms with Gasteiger partial charge in [0.2, 0.25) is 11.4 Å². The lowest BCUT2D eigenvalue weighted by atomic mass is 10.0. The molecule has 0 saturated heterocycles. The van der Waals surface area contributed by atoms with Gasteiger partial charge in [0.25, 0.3) is 0 Å². The summed E-state index contributed by atoms with van der Waals surface area (Å²) in [5.74, 6) is 0. The summed E-state index contributed by atoms with van der Waals surface area (Å²) in [5, 5.41) is 6.64. The van der Waals surface area contributed by atoms with Crippen LogP contribution in [0.15, 0.2) is 146 Å². The average molecular weight is 521 g/mol. The Morgan fingerprint density at radius 1 is 0.400 bits per heavy atom. The maximum Gasteiger partial charge on any atom is 0.211 e. The molecule has 0 atom stereocenters. The van der Waals surface area contributed by atoms with E-state index < -0.39 is 0 Å². The van der Waals surface area contributed by atoms with Crippen LogP contribution in [0.1, 0.15) is 0 Å². The van der Waals surface area contributed by atoms with E-state index in [1.807, 2.05) is 26.2 Å². The predicted octanol–water partition coefficient (Wildman–Crippen LogP) is 7.32. The number of nitrogens with zero attached hydrogens (tertiary/aromatic N) is 2. The molecule has 0 radical (unpaired) electrons. The van der Waals surface area contributed by atoms with Gasteiger partial charge in [-0.05, 0) is 34.4 Å². The van der Waals surface area contributed by atoms with Crippen molar-refractivity contribution in [1.82, 2.24) is 0 Å². The van der Waals surface area contributed by atoms with Crippen molar-refractivity contribution in [2.45, 2.75) is 0 Å². The van der Waals surface area contributed by atoms with Crippen molar-refractivity contribution in [3.05, 3.63) is 146 Å². The van der Waals surface area contributed by atoms with Crippen molar-refractivity contribution >= 4 is 11.4 Å². The molecule has 4 nitrogen and oxygen atoms in total. The van der Waals surface area contributed by atoms with E-state index in [0.29, 0.717) is 0 Å². The summed E-state index contributed by atoms with van der Waals surface area (Å²) in [6.45, 7) is 0. The fourth-order valence-corrected chi connectivity index (χ4v) is 5.12. The molecule has 0 aliphatic rings. The fraction of sp³-hybridized carbons (Fsp3) is 0.0556. The molecule has 0 aliphatic carbocycles. The predicted molar refractivity (Wildman–Crippen MR) is 165 cm³/mol. The SMILES string of the molecule is CNc1ccc(-[n+]2ccc(-c3cc[n+](-c4ccc(NC)c(-c5ccccc5)c4)cc3)cc2)cc1-c1ccccc1. The third-order valence-electron chi connectivity index (χ3n) is 7.30. The Morgan fingerprint density at radius 3 is 1.12 bits per heavy atom. The molecule has 0 unspecified atom stereocenters. The molecule has 0 amide bonds. The van der Waals surface area contributed by atoms with Gasteiger partial charge < -0.3 is 10.6 Å². The third kappa shape index (κ3) is 5.07. The summed E-state index contributed by atoms with van der Waals surface area (Å²) < 4.78 is 4.32. The second kappa shape index (κ2) is 11.3. The van der Waals surface area contributed by atoms with Crippen molar-refractivity contribution in [3.8, 4) is 44.8 Å². The molecule has 40 heavy (non-hydrogen) atoms. The highest BCUT2D eigenvalue weighted by atomic mass is 14.9. The summed E-state index contributed by atoms with van der Waals surface area (Å²) in [5.41, 5.74) is 11.6. The minimum atomic E-state index is 1.11. The van der Waals surface area contributed by atoms with E-state index in [0.717, 1.165) is 22.7 Å². The van der Waals surface area contributed by atoms with Gasteiger partial charge in [-0.25, -0.2) is 0 Å². The molecule has 6 aromatic rings. The molecule has 6 rings (SSSR count). The Kier molecular flexibility index (Phi) is 7.06. The van der Waals surface area contributed by atoms with E-state index in [9.17, 15) is 0 Å². The summed E-state index contributed by atoms with van der Waals surface area (Å²) in [4.78, 5) is 0. The van der Waals surface area contributed by atoms with E-state index in [1.165, 1.54) is 33.4 Å². The smallest absolute Gasteiger partial charge is 0.211 e. The molecule has 4 aromatic carbocycles. The van der Waals surface area contributed by atoms with Crippen LogP contribution < -0.4 is 19.8 Å². The van der Waals surface area contributed by atoms with Crippen LogP contribution in [-0.4, -0.2) is 14.1 Å². The molecule has 0 aliphatic heterocycles. The van der Waals surface area contributed by atoms with Crippen LogP contribution in [0, 0.1) is 0 Å². The topological polar surface area (TPSA) is 31.8 Å². The van der Waals surface area contributed by atoms with Gasteiger partial charge >= 0.3 is 0 Å². The zero-order chi connectivity index (χ0) is 27.3. The Hall–Kier alpha value is -5.22. The first-order valence-corrected chi connectivity index (χ1v) is 13.5. The minimum Gasteiger partial charge on any atom is -0.388 e. The maximum atomic E-state index is 3.32. The number of anilines is 2. The molecular formula is C36H32N4+2. The van der Waals surface area contributed by atoms with Gasteiger partial charge in [0, 0.05) is 85.1 Å². The summed E-state index contributed by atoms with van der Waals surface area (Å²) in [7, 11) is 3.93. The third-order valence-corrected chi connectivity index (χ3v) is 7.30. The molecule has 0 spiro atoms. The van der Waals surface area contributed by atoms with E-state index in [4.69, 9.17) is 0 Å². The lowest BCUT2D eigenvalue weighted by molar-refractivity contribution is -0.596. The van der Waals surface area contributed by atoms with Crippen LogP contribution in [-0.2, 0) is 0 Å². The zero-order valence-electron chi connectivity index (χ0n) is 22.8. The van der Waals surface area contributed by atoms with Crippen LogP contribution in [0.3, 0.4) is 0 Å². The molecule has 2 heterocycles. The van der Waals surface area contributed by atoms with Crippen molar-refractivity contribution in [2.24, 2.45) is 0 Å². The van der Waals surface area contributed by atoms with Crippen LogP contribution in [0.2, 0.25) is 0 Å². The van der Waals surface area contributed by atoms with E-state index in [2.05, 4.69) is 154 Å². The number of aromatic nitrogens is 2. The first-order valence-electron chi connectivity index (χ1n) is 13.5. The number of hydrogen-bond acceptors (Lipinski definition) is 2. The van der Waals surface area contributed by atoms with Gasteiger partial charge in [-0.1, -0.05) is 60.7 Å². The van der Waals surface area contributed by atoms with Crippen molar-refractivity contribution in [1.29, 1.82) is 0 Å². The van der Waals surface area contributed by atoms with E-state index >= 15 is 0 Å². The van der Waals surface area contributed by atoms with Crippen LogP contribution in [0.5, 0.6) is 0 Å². The van der Waals surface area contributed by atoms with E-state index in [1.54, 1.807) is 0 Å². The van der Waals surface area contributed by atoms with Gasteiger partial charge in [-0.15, -0.1) is 0 Å². The van der Waals surface area contributed by atoms with Crippen LogP contribution in [0.4, 0.5) is 11.4 Å². The quantitative estimate of drug-likeness (QED) is 0.216. The number of rotatable bonds is 7. The Balaban J connectivity index is 1.26. The second-order valence-corrected chi connectivity index (χ2v) is 9.68. The molecule has 0 fully saturated rings. The number of pyridine rings is 2. The normalized spacial score (nSPS) is 10.8. The Labute approximate surface area is 235 Å². The van der Waals surface area contributed by atoms with Gasteiger partial charge in [-0.2, -0.15) is 9.13 Å². The summed E-state index contributed by atoms with van der Waals surface area (Å²) in [6, 6.07) is 42.7. The minimum absolute atomic E-state index is 1.11. The highest BCUT2D eigenvalue weighted by Gasteiger charge is 2.14. The highest BCUT2D eigenvalue weighted by molar-refractivity contribution is 5.80. The number of benzene rings is 4. The monoisotopic (exact) mass is 520 g/mol. The molecular weight excluding hydrogens is 488 g/mol. The summed E-state index contributed by atoms with van der Waals surface area (Å²) >= 11 is 0. The van der Waals surface area contributed by atoms with E-state index in [-0.39, 0.29) is 0 Å². The zero-order valence-corrected chi connectivity index (χ0v) is 22.8. The second-order valence-electron chi connectivity index (χ2n) is 9.68. The van der Waals surface area contributed by atoms with Gasteiger partial charge in [0.15, 0.2) is 24.8 Å². The molecule has 0 bridgehead atoms. The average Bonchev–Trinajstić information content (AvgIpc) is 3.05. The van der Waals surface area contributed by atoms with Crippen LogP contribution >= 0.6 is 0 Å². The fourth-order valence-electron chi connectivity index (χ4n) is 5.12. The lowest BCUT2D eigenvalue weighted by Crippen LogP contribution is -2.30. The largest absolute Gasteiger partial charge is 0.388 e. The van der Waals surface area contributed by atoms with Crippen molar-refractivity contribution < 1.29 is 9.13 Å². The standard InChI is InChI=1S/C36H31N4/c1-37-35-15-13-31(25-33(35)29-9-5-3-6-10-29)39-21-17-27(18-22-39)28-19-23-40(24-20-28)32-14-16-36(38-2)34(26-32)30-11-7-4-8-12-30/h3-26,37H,1-2H3/q+1/p+1. The Bertz CT molecular complexity index is 1590. The lowest BCUT2D eigenvalue weighted by Gasteiger charge is -2.10. The highest BCUT2D eigenvalue weighted by Crippen LogP contribution is 2.30.